The Morgan fingerprint density at radius 3 is 2.37 bits per heavy atom. The van der Waals surface area contributed by atoms with Crippen LogP contribution in [0, 0.1) is 22.7 Å². The first-order valence-corrected chi connectivity index (χ1v) is 10.1. The standard InChI is InChI=1S/C20H24O10/c1-7-3-9(21)11(22)16(2)8(7)4-10-17-5-29-19(26,14(16)17)15(25)18(6-28-18)20(17,27)12(23)13(24)30-10/h3,8,10-12,14-15,22-23,25-27H,4-6H2,1-2H3/t8-,10+,11+,12+,14+,15+,16+,17+,18+,19+,20-/m0/s1. The molecule has 3 aliphatic carbocycles. The lowest BCUT2D eigenvalue weighted by molar-refractivity contribution is -0.379. The molecule has 30 heavy (non-hydrogen) atoms. The quantitative estimate of drug-likeness (QED) is 0.205. The van der Waals surface area contributed by atoms with Gasteiger partial charge in [0.05, 0.1) is 18.6 Å². The number of carbonyl (C=O) groups is 2. The fraction of sp³-hybridized carbons (Fsp3) is 0.800. The van der Waals surface area contributed by atoms with Crippen molar-refractivity contribution in [3.05, 3.63) is 11.6 Å². The molecule has 0 aromatic rings. The molecule has 5 N–H and O–H groups in total. The van der Waals surface area contributed by atoms with E-state index in [1.807, 2.05) is 0 Å². The van der Waals surface area contributed by atoms with E-state index in [0.717, 1.165) is 0 Å². The Morgan fingerprint density at radius 1 is 1.07 bits per heavy atom. The Bertz CT molecular complexity index is 927. The van der Waals surface area contributed by atoms with Crippen LogP contribution < -0.4 is 0 Å². The number of carbonyl (C=O) groups excluding carboxylic acids is 2. The first kappa shape index (κ1) is 19.3. The molecule has 0 amide bonds. The second kappa shape index (κ2) is 4.98. The summed E-state index contributed by atoms with van der Waals surface area (Å²) in [6.07, 6.45) is -4.96. The van der Waals surface area contributed by atoms with Gasteiger partial charge in [-0.3, -0.25) is 4.79 Å². The molecule has 5 fully saturated rings. The number of hydrogen-bond donors (Lipinski definition) is 5. The van der Waals surface area contributed by atoms with Gasteiger partial charge in [-0.25, -0.2) is 4.79 Å². The Morgan fingerprint density at radius 2 is 1.73 bits per heavy atom. The number of aliphatic hydroxyl groups excluding tert-OH is 3. The zero-order valence-corrected chi connectivity index (χ0v) is 16.4. The lowest BCUT2D eigenvalue weighted by Gasteiger charge is -2.70. The summed E-state index contributed by atoms with van der Waals surface area (Å²) in [5.41, 5.74) is -6.52. The molecule has 10 nitrogen and oxygen atoms in total. The van der Waals surface area contributed by atoms with Crippen molar-refractivity contribution in [1.29, 1.82) is 0 Å². The molecule has 6 aliphatic rings. The van der Waals surface area contributed by atoms with Crippen LogP contribution in [0.25, 0.3) is 0 Å². The van der Waals surface area contributed by atoms with Crippen LogP contribution >= 0.6 is 0 Å². The zero-order valence-electron chi connectivity index (χ0n) is 16.4. The summed E-state index contributed by atoms with van der Waals surface area (Å²) in [7, 11) is 0. The number of allylic oxidation sites excluding steroid dienone is 1. The van der Waals surface area contributed by atoms with Gasteiger partial charge in [0.25, 0.3) is 0 Å². The van der Waals surface area contributed by atoms with E-state index in [0.29, 0.717) is 5.57 Å². The number of ether oxygens (including phenoxy) is 3. The van der Waals surface area contributed by atoms with E-state index in [4.69, 9.17) is 14.2 Å². The van der Waals surface area contributed by atoms with E-state index in [1.54, 1.807) is 13.8 Å². The third kappa shape index (κ3) is 1.53. The average molecular weight is 424 g/mol. The number of ketones is 1. The Hall–Kier alpha value is -1.40. The van der Waals surface area contributed by atoms with E-state index in [1.165, 1.54) is 6.08 Å². The molecule has 0 radical (unpaired) electrons. The van der Waals surface area contributed by atoms with Gasteiger partial charge in [0, 0.05) is 11.3 Å². The van der Waals surface area contributed by atoms with Crippen LogP contribution in [0.2, 0.25) is 0 Å². The zero-order chi connectivity index (χ0) is 21.6. The summed E-state index contributed by atoms with van der Waals surface area (Å²) in [6, 6.07) is 0. The highest BCUT2D eigenvalue weighted by Crippen LogP contribution is 2.77. The maximum Gasteiger partial charge on any atom is 0.338 e. The van der Waals surface area contributed by atoms with Gasteiger partial charge in [-0.1, -0.05) is 12.5 Å². The van der Waals surface area contributed by atoms with Crippen molar-refractivity contribution in [3.8, 4) is 0 Å². The number of aliphatic hydroxyl groups is 5. The average Bonchev–Trinajstić information content (AvgIpc) is 3.44. The van der Waals surface area contributed by atoms with Gasteiger partial charge in [0.1, 0.15) is 23.9 Å². The molecular weight excluding hydrogens is 400 g/mol. The normalized spacial score (nSPS) is 63.1. The molecule has 6 rings (SSSR count). The third-order valence-electron chi connectivity index (χ3n) is 9.17. The minimum atomic E-state index is -2.35. The fourth-order valence-corrected chi connectivity index (χ4v) is 7.88. The molecule has 0 unspecified atom stereocenters. The molecule has 3 aliphatic heterocycles. The molecule has 0 aromatic heterocycles. The van der Waals surface area contributed by atoms with Crippen molar-refractivity contribution in [1.82, 2.24) is 0 Å². The van der Waals surface area contributed by atoms with Gasteiger partial charge < -0.3 is 39.7 Å². The van der Waals surface area contributed by atoms with Crippen molar-refractivity contribution < 1.29 is 49.3 Å². The molecule has 0 aromatic carbocycles. The van der Waals surface area contributed by atoms with Gasteiger partial charge in [-0.15, -0.1) is 0 Å². The van der Waals surface area contributed by atoms with Crippen molar-refractivity contribution in [2.75, 3.05) is 13.2 Å². The lowest BCUT2D eigenvalue weighted by Crippen LogP contribution is -2.87. The van der Waals surface area contributed by atoms with Gasteiger partial charge in [-0.05, 0) is 25.3 Å². The number of hydrogen-bond acceptors (Lipinski definition) is 10. The van der Waals surface area contributed by atoms with Crippen LogP contribution in [-0.4, -0.2) is 91.9 Å². The van der Waals surface area contributed by atoms with Crippen LogP contribution in [0.3, 0.4) is 0 Å². The highest BCUT2D eigenvalue weighted by Gasteiger charge is 2.94. The Balaban J connectivity index is 1.68. The molecule has 2 bridgehead atoms. The third-order valence-corrected chi connectivity index (χ3v) is 9.17. The summed E-state index contributed by atoms with van der Waals surface area (Å²) < 4.78 is 16.7. The summed E-state index contributed by atoms with van der Waals surface area (Å²) in [5.74, 6) is -5.64. The van der Waals surface area contributed by atoms with Crippen LogP contribution in [0.1, 0.15) is 20.3 Å². The largest absolute Gasteiger partial charge is 0.460 e. The smallest absolute Gasteiger partial charge is 0.338 e. The number of epoxide rings is 1. The number of esters is 1. The summed E-state index contributed by atoms with van der Waals surface area (Å²) in [6.45, 7) is 2.77. The SMILES string of the molecule is CC1=CC(=O)[C@@H](O)[C@]2(C)[C@H]3[C@@]4(O)OC[C@@]35[C@@H](C[C@@H]12)OC(=O)[C@@H](O)[C@@]5(O)[C@@]1(CO1)[C@H]4O. The summed E-state index contributed by atoms with van der Waals surface area (Å²) >= 11 is 0. The lowest BCUT2D eigenvalue weighted by atomic mass is 9.36. The van der Waals surface area contributed by atoms with Crippen LogP contribution in [-0.2, 0) is 23.8 Å². The van der Waals surface area contributed by atoms with E-state index in [2.05, 4.69) is 0 Å². The number of fused-ring (bicyclic) bond motifs is 2. The molecular formula is C20H24O10. The molecule has 2 spiro atoms. The number of rotatable bonds is 0. The van der Waals surface area contributed by atoms with Crippen molar-refractivity contribution in [2.24, 2.45) is 22.7 Å². The van der Waals surface area contributed by atoms with E-state index in [-0.39, 0.29) is 19.6 Å². The van der Waals surface area contributed by atoms with E-state index in [9.17, 15) is 35.1 Å². The predicted octanol–water partition coefficient (Wildman–Crippen LogP) is -2.62. The molecule has 3 heterocycles. The molecule has 2 saturated carbocycles. The molecule has 10 heteroatoms. The van der Waals surface area contributed by atoms with Crippen LogP contribution in [0.15, 0.2) is 11.6 Å². The van der Waals surface area contributed by atoms with Gasteiger partial charge >= 0.3 is 5.97 Å². The van der Waals surface area contributed by atoms with Gasteiger partial charge in [0.2, 0.25) is 0 Å². The van der Waals surface area contributed by atoms with Crippen LogP contribution in [0.4, 0.5) is 0 Å². The Labute approximate surface area is 171 Å². The Kier molecular flexibility index (Phi) is 3.21. The first-order chi connectivity index (χ1) is 13.9. The molecule has 164 valence electrons. The predicted molar refractivity (Wildman–Crippen MR) is 93.3 cm³/mol. The maximum atomic E-state index is 12.6. The second-order valence-corrected chi connectivity index (χ2v) is 10.0. The van der Waals surface area contributed by atoms with Crippen LogP contribution in [0.5, 0.6) is 0 Å². The molecule has 11 atom stereocenters. The molecule has 3 saturated heterocycles. The van der Waals surface area contributed by atoms with E-state index >= 15 is 0 Å². The fourth-order valence-electron chi connectivity index (χ4n) is 7.88. The second-order valence-electron chi connectivity index (χ2n) is 10.0. The highest BCUT2D eigenvalue weighted by atomic mass is 16.7. The minimum absolute atomic E-state index is 0.145. The van der Waals surface area contributed by atoms with Gasteiger partial charge in [0.15, 0.2) is 23.3 Å². The van der Waals surface area contributed by atoms with Crippen molar-refractivity contribution in [3.63, 3.8) is 0 Å². The van der Waals surface area contributed by atoms with E-state index < -0.39 is 75.8 Å². The monoisotopic (exact) mass is 424 g/mol. The highest BCUT2D eigenvalue weighted by molar-refractivity contribution is 5.96. The first-order valence-electron chi connectivity index (χ1n) is 10.1. The summed E-state index contributed by atoms with van der Waals surface area (Å²) in [4.78, 5) is 25.2. The van der Waals surface area contributed by atoms with Crippen molar-refractivity contribution >= 4 is 11.8 Å². The van der Waals surface area contributed by atoms with Gasteiger partial charge in [-0.2, -0.15) is 0 Å². The topological polar surface area (TPSA) is 166 Å². The van der Waals surface area contributed by atoms with Crippen molar-refractivity contribution in [2.45, 2.75) is 61.7 Å². The minimum Gasteiger partial charge on any atom is -0.460 e. The maximum absolute atomic E-state index is 12.6. The summed E-state index contributed by atoms with van der Waals surface area (Å²) in [5, 5.41) is 56.7.